The minimum Gasteiger partial charge on any atom is -0.459 e. The third-order valence-corrected chi connectivity index (χ3v) is 4.88. The number of hydrogen-bond acceptors (Lipinski definition) is 7. The molecule has 180 valence electrons. The van der Waals surface area contributed by atoms with Crippen molar-refractivity contribution in [3.05, 3.63) is 39.9 Å². The summed E-state index contributed by atoms with van der Waals surface area (Å²) in [6.45, 7) is 11.2. The number of halogens is 1. The third kappa shape index (κ3) is 12.8. The van der Waals surface area contributed by atoms with Crippen molar-refractivity contribution in [2.45, 2.75) is 76.8 Å². The van der Waals surface area contributed by atoms with Crippen molar-refractivity contribution >= 4 is 33.6 Å². The van der Waals surface area contributed by atoms with Gasteiger partial charge in [0.15, 0.2) is 0 Å². The number of benzene rings is 1. The molecule has 0 spiro atoms. The molecule has 0 heterocycles. The third-order valence-electron chi connectivity index (χ3n) is 4.13. The van der Waals surface area contributed by atoms with Gasteiger partial charge in [0.05, 0.1) is 18.0 Å². The summed E-state index contributed by atoms with van der Waals surface area (Å²) in [6, 6.07) is 6.53. The Morgan fingerprint density at radius 2 is 1.47 bits per heavy atom. The fraction of sp³-hybridized carbons (Fsp3) is 0.652. The Morgan fingerprint density at radius 1 is 1.00 bits per heavy atom. The molecule has 0 aromatic heterocycles. The molecule has 1 aromatic carbocycles. The summed E-state index contributed by atoms with van der Waals surface area (Å²) in [7, 11) is 0. The highest BCUT2D eigenvalue weighted by Crippen LogP contribution is 2.17. The normalized spacial score (nSPS) is 13.0. The topological polar surface area (TPSA) is 99.0 Å². The monoisotopic (exact) mass is 514 g/mol. The van der Waals surface area contributed by atoms with Crippen LogP contribution in [0.3, 0.4) is 0 Å². The van der Waals surface area contributed by atoms with Gasteiger partial charge < -0.3 is 9.47 Å². The van der Waals surface area contributed by atoms with Gasteiger partial charge in [0, 0.05) is 23.5 Å². The number of esters is 2. The molecule has 0 bridgehead atoms. The van der Waals surface area contributed by atoms with Crippen LogP contribution in [0.25, 0.3) is 0 Å². The molecule has 1 unspecified atom stereocenters. The number of non-ortho nitro benzene ring substituents is 1. The van der Waals surface area contributed by atoms with Crippen molar-refractivity contribution in [1.29, 1.82) is 0 Å². The Bertz CT molecular complexity index is 738. The first kappa shape index (κ1) is 28.0. The molecule has 32 heavy (non-hydrogen) atoms. The van der Waals surface area contributed by atoms with Crippen molar-refractivity contribution in [3.8, 4) is 0 Å². The summed E-state index contributed by atoms with van der Waals surface area (Å²) < 4.78 is 10.8. The second kappa shape index (κ2) is 12.3. The molecule has 0 fully saturated rings. The number of hydrogen-bond donors (Lipinski definition) is 0. The molecule has 0 aliphatic heterocycles. The first-order chi connectivity index (χ1) is 14.6. The van der Waals surface area contributed by atoms with E-state index in [2.05, 4.69) is 15.9 Å². The molecule has 0 N–H and O–H groups in total. The Balaban J connectivity index is 2.63. The minimum absolute atomic E-state index is 0.0129. The Kier molecular flexibility index (Phi) is 10.8. The van der Waals surface area contributed by atoms with E-state index in [4.69, 9.17) is 9.47 Å². The number of aryl methyl sites for hydroxylation is 1. The highest BCUT2D eigenvalue weighted by Gasteiger charge is 2.24. The van der Waals surface area contributed by atoms with Crippen LogP contribution in [-0.2, 0) is 25.5 Å². The molecule has 0 radical (unpaired) electrons. The van der Waals surface area contributed by atoms with E-state index in [1.54, 1.807) is 58.6 Å². The number of rotatable bonds is 11. The maximum Gasteiger partial charge on any atom is 0.320 e. The number of ether oxygens (including phenoxy) is 2. The Hall–Kier alpha value is -2.00. The van der Waals surface area contributed by atoms with Gasteiger partial charge in [0.2, 0.25) is 0 Å². The van der Waals surface area contributed by atoms with Gasteiger partial charge in [0.25, 0.3) is 5.69 Å². The predicted octanol–water partition coefficient (Wildman–Crippen LogP) is 4.67. The molecular weight excluding hydrogens is 480 g/mol. The lowest BCUT2D eigenvalue weighted by atomic mass is 10.1. The summed E-state index contributed by atoms with van der Waals surface area (Å²) in [6.07, 6.45) is 2.43. The smallest absolute Gasteiger partial charge is 0.320 e. The standard InChI is InChI=1S/C23H35BrN2O6/c1-22(2,3)31-20(27)15-25(16-21(28)32-23(4,5)6)14-18(24)9-7-8-17-10-12-19(13-11-17)26(29)30/h10-13,18H,7-9,14-16H2,1-6H3. The van der Waals surface area contributed by atoms with E-state index in [9.17, 15) is 19.7 Å². The van der Waals surface area contributed by atoms with Crippen molar-refractivity contribution in [2.75, 3.05) is 19.6 Å². The zero-order chi connectivity index (χ0) is 24.5. The Morgan fingerprint density at radius 3 is 1.88 bits per heavy atom. The molecule has 1 rings (SSSR count). The van der Waals surface area contributed by atoms with Gasteiger partial charge in [-0.25, -0.2) is 0 Å². The van der Waals surface area contributed by atoms with Crippen LogP contribution < -0.4 is 0 Å². The second-order valence-electron chi connectivity index (χ2n) is 9.76. The minimum atomic E-state index is -0.604. The second-order valence-corrected chi connectivity index (χ2v) is 11.1. The van der Waals surface area contributed by atoms with E-state index < -0.39 is 28.1 Å². The van der Waals surface area contributed by atoms with E-state index in [1.807, 2.05) is 0 Å². The molecule has 0 saturated carbocycles. The van der Waals surface area contributed by atoms with Crippen LogP contribution in [0, 0.1) is 10.1 Å². The highest BCUT2D eigenvalue weighted by atomic mass is 79.9. The van der Waals surface area contributed by atoms with Crippen molar-refractivity contribution in [1.82, 2.24) is 4.90 Å². The number of carbonyl (C=O) groups excluding carboxylic acids is 2. The maximum atomic E-state index is 12.3. The summed E-state index contributed by atoms with van der Waals surface area (Å²) >= 11 is 3.65. The quantitative estimate of drug-likeness (QED) is 0.183. The van der Waals surface area contributed by atoms with Crippen LogP contribution in [-0.4, -0.2) is 57.4 Å². The number of nitro benzene ring substituents is 1. The summed E-state index contributed by atoms with van der Waals surface area (Å²) in [4.78, 5) is 36.7. The van der Waals surface area contributed by atoms with Crippen molar-refractivity contribution < 1.29 is 24.0 Å². The van der Waals surface area contributed by atoms with Crippen LogP contribution in [0.1, 0.15) is 59.9 Å². The van der Waals surface area contributed by atoms with Crippen LogP contribution in [0.5, 0.6) is 0 Å². The first-order valence-electron chi connectivity index (χ1n) is 10.7. The van der Waals surface area contributed by atoms with Crippen LogP contribution in [0.15, 0.2) is 24.3 Å². The molecule has 0 amide bonds. The molecule has 0 saturated heterocycles. The van der Waals surface area contributed by atoms with E-state index in [-0.39, 0.29) is 23.6 Å². The van der Waals surface area contributed by atoms with Gasteiger partial charge in [0.1, 0.15) is 11.2 Å². The van der Waals surface area contributed by atoms with Crippen molar-refractivity contribution in [2.24, 2.45) is 0 Å². The summed E-state index contributed by atoms with van der Waals surface area (Å²) in [5.74, 6) is -0.793. The zero-order valence-electron chi connectivity index (χ0n) is 19.9. The lowest BCUT2D eigenvalue weighted by Gasteiger charge is -2.27. The summed E-state index contributed by atoms with van der Waals surface area (Å²) in [5, 5.41) is 10.8. The van der Waals surface area contributed by atoms with Crippen LogP contribution in [0.2, 0.25) is 0 Å². The molecule has 1 atom stereocenters. The average molecular weight is 515 g/mol. The fourth-order valence-electron chi connectivity index (χ4n) is 2.98. The SMILES string of the molecule is CC(C)(C)OC(=O)CN(CC(=O)OC(C)(C)C)CC(Br)CCCc1ccc([N+](=O)[O-])cc1. The van der Waals surface area contributed by atoms with Gasteiger partial charge in [-0.2, -0.15) is 0 Å². The largest absolute Gasteiger partial charge is 0.459 e. The van der Waals surface area contributed by atoms with Crippen molar-refractivity contribution in [3.63, 3.8) is 0 Å². The number of nitrogens with zero attached hydrogens (tertiary/aromatic N) is 2. The average Bonchev–Trinajstić information content (AvgIpc) is 2.58. The maximum absolute atomic E-state index is 12.3. The lowest BCUT2D eigenvalue weighted by Crippen LogP contribution is -2.42. The summed E-state index contributed by atoms with van der Waals surface area (Å²) in [5.41, 5.74) is -0.109. The molecule has 0 aliphatic carbocycles. The van der Waals surface area contributed by atoms with Crippen LogP contribution in [0.4, 0.5) is 5.69 Å². The van der Waals surface area contributed by atoms with Gasteiger partial charge >= 0.3 is 11.9 Å². The molecule has 8 nitrogen and oxygen atoms in total. The van der Waals surface area contributed by atoms with Crippen LogP contribution >= 0.6 is 15.9 Å². The number of nitro groups is 1. The van der Waals surface area contributed by atoms with E-state index in [1.165, 1.54) is 12.1 Å². The van der Waals surface area contributed by atoms with Gasteiger partial charge in [-0.3, -0.25) is 24.6 Å². The Labute approximate surface area is 198 Å². The molecule has 9 heteroatoms. The van der Waals surface area contributed by atoms with Gasteiger partial charge in [-0.1, -0.05) is 28.1 Å². The highest BCUT2D eigenvalue weighted by molar-refractivity contribution is 9.09. The first-order valence-corrected chi connectivity index (χ1v) is 11.6. The predicted molar refractivity (Wildman–Crippen MR) is 127 cm³/mol. The lowest BCUT2D eigenvalue weighted by molar-refractivity contribution is -0.384. The van der Waals surface area contributed by atoms with E-state index in [0.717, 1.165) is 24.8 Å². The molecule has 1 aromatic rings. The van der Waals surface area contributed by atoms with E-state index >= 15 is 0 Å². The number of carbonyl (C=O) groups is 2. The van der Waals surface area contributed by atoms with Gasteiger partial charge in [-0.15, -0.1) is 0 Å². The molecule has 0 aliphatic rings. The van der Waals surface area contributed by atoms with E-state index in [0.29, 0.717) is 6.54 Å². The fourth-order valence-corrected chi connectivity index (χ4v) is 3.71. The zero-order valence-corrected chi connectivity index (χ0v) is 21.4. The molecular formula is C23H35BrN2O6. The number of alkyl halides is 1. The van der Waals surface area contributed by atoms with Gasteiger partial charge in [-0.05, 0) is 66.4 Å².